The molecule has 0 aliphatic heterocycles. The van der Waals surface area contributed by atoms with Gasteiger partial charge in [0.1, 0.15) is 17.4 Å². The zero-order chi connectivity index (χ0) is 17.1. The van der Waals surface area contributed by atoms with Gasteiger partial charge in [0.15, 0.2) is 0 Å². The van der Waals surface area contributed by atoms with Gasteiger partial charge >= 0.3 is 0 Å². The summed E-state index contributed by atoms with van der Waals surface area (Å²) in [6.45, 7) is 3.89. The van der Waals surface area contributed by atoms with Crippen molar-refractivity contribution in [2.24, 2.45) is 0 Å². The summed E-state index contributed by atoms with van der Waals surface area (Å²) in [7, 11) is 3.24. The van der Waals surface area contributed by atoms with Crippen molar-refractivity contribution in [2.45, 2.75) is 13.8 Å². The van der Waals surface area contributed by atoms with E-state index >= 15 is 0 Å². The van der Waals surface area contributed by atoms with Crippen LogP contribution in [0.3, 0.4) is 0 Å². The zero-order valence-corrected chi connectivity index (χ0v) is 13.7. The fourth-order valence-corrected chi connectivity index (χ4v) is 2.47. The van der Waals surface area contributed by atoms with Crippen LogP contribution in [-0.2, 0) is 4.79 Å². The Balaban J connectivity index is 2.51. The van der Waals surface area contributed by atoms with E-state index in [1.165, 1.54) is 4.90 Å². The van der Waals surface area contributed by atoms with Crippen molar-refractivity contribution in [3.63, 3.8) is 0 Å². The number of phenols is 1. The second kappa shape index (κ2) is 6.41. The first-order chi connectivity index (χ1) is 10.8. The van der Waals surface area contributed by atoms with Gasteiger partial charge in [-0.05, 0) is 55.8 Å². The Morgan fingerprint density at radius 3 is 2.39 bits per heavy atom. The van der Waals surface area contributed by atoms with Crippen LogP contribution < -0.4 is 0 Å². The second-order valence-electron chi connectivity index (χ2n) is 5.55. The van der Waals surface area contributed by atoms with Crippen LogP contribution in [0.15, 0.2) is 35.9 Å². The van der Waals surface area contributed by atoms with Crippen LogP contribution in [-0.4, -0.2) is 34.6 Å². The van der Waals surface area contributed by atoms with E-state index in [0.717, 1.165) is 22.6 Å². The predicted octanol–water partition coefficient (Wildman–Crippen LogP) is 2.79. The van der Waals surface area contributed by atoms with Crippen LogP contribution in [0.1, 0.15) is 17.0 Å². The Hall–Kier alpha value is -3.00. The molecule has 0 saturated heterocycles. The van der Waals surface area contributed by atoms with Crippen molar-refractivity contribution in [3.8, 4) is 17.5 Å². The Labute approximate surface area is 135 Å². The highest BCUT2D eigenvalue weighted by Crippen LogP contribution is 2.24. The van der Waals surface area contributed by atoms with Crippen LogP contribution in [0.25, 0.3) is 11.8 Å². The number of amides is 1. The van der Waals surface area contributed by atoms with Crippen LogP contribution in [0, 0.1) is 25.2 Å². The summed E-state index contributed by atoms with van der Waals surface area (Å²) in [5, 5.41) is 18.6. The Morgan fingerprint density at radius 1 is 1.26 bits per heavy atom. The van der Waals surface area contributed by atoms with Crippen LogP contribution in [0.5, 0.6) is 5.75 Å². The van der Waals surface area contributed by atoms with Gasteiger partial charge in [-0.1, -0.05) is 0 Å². The fraction of sp³-hybridized carbons (Fsp3) is 0.222. The summed E-state index contributed by atoms with van der Waals surface area (Å²) >= 11 is 0. The average molecular weight is 309 g/mol. The molecule has 0 spiro atoms. The molecule has 2 aromatic rings. The van der Waals surface area contributed by atoms with Gasteiger partial charge in [0.05, 0.1) is 0 Å². The highest BCUT2D eigenvalue weighted by atomic mass is 16.3. The van der Waals surface area contributed by atoms with Gasteiger partial charge in [0.25, 0.3) is 5.91 Å². The molecule has 23 heavy (non-hydrogen) atoms. The number of benzene rings is 1. The van der Waals surface area contributed by atoms with Gasteiger partial charge < -0.3 is 14.6 Å². The summed E-state index contributed by atoms with van der Waals surface area (Å²) in [6, 6.07) is 10.8. The van der Waals surface area contributed by atoms with Crippen molar-refractivity contribution in [2.75, 3.05) is 14.1 Å². The Bertz CT molecular complexity index is 806. The monoisotopic (exact) mass is 309 g/mol. The average Bonchev–Trinajstić information content (AvgIpc) is 2.79. The number of aromatic nitrogens is 1. The molecule has 5 nitrogen and oxygen atoms in total. The van der Waals surface area contributed by atoms with Gasteiger partial charge in [-0.2, -0.15) is 5.26 Å². The van der Waals surface area contributed by atoms with Gasteiger partial charge in [0.2, 0.25) is 0 Å². The first-order valence-corrected chi connectivity index (χ1v) is 7.17. The van der Waals surface area contributed by atoms with Gasteiger partial charge in [0, 0.05) is 31.2 Å². The largest absolute Gasteiger partial charge is 0.508 e. The van der Waals surface area contributed by atoms with E-state index < -0.39 is 0 Å². The SMILES string of the molecule is Cc1cc(/C=C(/C#N)C(=O)N(C)C)c(C)n1-c1ccc(O)cc1. The van der Waals surface area contributed by atoms with Gasteiger partial charge in [-0.25, -0.2) is 0 Å². The molecule has 1 N–H and O–H groups in total. The molecule has 0 bridgehead atoms. The van der Waals surface area contributed by atoms with Crippen LogP contribution in [0.2, 0.25) is 0 Å². The summed E-state index contributed by atoms with van der Waals surface area (Å²) in [6.07, 6.45) is 1.61. The number of carbonyl (C=O) groups is 1. The first-order valence-electron chi connectivity index (χ1n) is 7.17. The summed E-state index contributed by atoms with van der Waals surface area (Å²) in [5.41, 5.74) is 3.74. The number of likely N-dealkylation sites (N-methyl/N-ethyl adjacent to an activating group) is 1. The Kier molecular flexibility index (Phi) is 4.56. The van der Waals surface area contributed by atoms with Crippen LogP contribution in [0.4, 0.5) is 0 Å². The maximum atomic E-state index is 12.0. The van der Waals surface area contributed by atoms with E-state index in [1.54, 1.807) is 32.3 Å². The van der Waals surface area contributed by atoms with E-state index in [4.69, 9.17) is 0 Å². The second-order valence-corrected chi connectivity index (χ2v) is 5.55. The predicted molar refractivity (Wildman–Crippen MR) is 89.2 cm³/mol. The molecule has 0 aliphatic rings. The third-order valence-corrected chi connectivity index (χ3v) is 3.64. The summed E-state index contributed by atoms with van der Waals surface area (Å²) in [5.74, 6) is -0.110. The highest BCUT2D eigenvalue weighted by molar-refractivity contribution is 6.01. The van der Waals surface area contributed by atoms with Crippen molar-refractivity contribution >= 4 is 12.0 Å². The lowest BCUT2D eigenvalue weighted by atomic mass is 10.1. The molecule has 5 heteroatoms. The number of nitrogens with zero attached hydrogens (tertiary/aromatic N) is 3. The molecular formula is C18H19N3O2. The molecule has 1 amide bonds. The standard InChI is InChI=1S/C18H19N3O2/c1-12-9-14(10-15(11-19)18(23)20(3)4)13(2)21(12)16-5-7-17(22)8-6-16/h5-10,22H,1-4H3/b15-10-. The molecular weight excluding hydrogens is 290 g/mol. The zero-order valence-electron chi connectivity index (χ0n) is 13.7. The molecule has 0 unspecified atom stereocenters. The van der Waals surface area contributed by atoms with Crippen molar-refractivity contribution in [1.29, 1.82) is 5.26 Å². The summed E-state index contributed by atoms with van der Waals surface area (Å²) < 4.78 is 2.01. The topological polar surface area (TPSA) is 69.3 Å². The number of hydrogen-bond acceptors (Lipinski definition) is 3. The molecule has 0 radical (unpaired) electrons. The highest BCUT2D eigenvalue weighted by Gasteiger charge is 2.14. The number of aryl methyl sites for hydroxylation is 1. The number of rotatable bonds is 3. The molecule has 0 atom stereocenters. The summed E-state index contributed by atoms with van der Waals surface area (Å²) in [4.78, 5) is 13.4. The van der Waals surface area contributed by atoms with Gasteiger partial charge in [-0.3, -0.25) is 4.79 Å². The number of hydrogen-bond donors (Lipinski definition) is 1. The molecule has 1 aromatic carbocycles. The molecule has 118 valence electrons. The minimum absolute atomic E-state index is 0.0981. The van der Waals surface area contributed by atoms with E-state index in [1.807, 2.05) is 42.7 Å². The van der Waals surface area contributed by atoms with E-state index in [9.17, 15) is 15.2 Å². The number of phenolic OH excluding ortho intramolecular Hbond substituents is 1. The lowest BCUT2D eigenvalue weighted by Gasteiger charge is -2.10. The molecule has 0 fully saturated rings. The van der Waals surface area contributed by atoms with Crippen molar-refractivity contribution in [3.05, 3.63) is 52.9 Å². The maximum absolute atomic E-state index is 12.0. The van der Waals surface area contributed by atoms with E-state index in [0.29, 0.717) is 0 Å². The van der Waals surface area contributed by atoms with Gasteiger partial charge in [-0.15, -0.1) is 0 Å². The third-order valence-electron chi connectivity index (χ3n) is 3.64. The molecule has 0 saturated carbocycles. The normalized spacial score (nSPS) is 11.2. The Morgan fingerprint density at radius 2 is 1.87 bits per heavy atom. The van der Waals surface area contributed by atoms with E-state index in [2.05, 4.69) is 0 Å². The number of carbonyl (C=O) groups excluding carboxylic acids is 1. The number of nitriles is 1. The number of aromatic hydroxyl groups is 1. The van der Waals surface area contributed by atoms with E-state index in [-0.39, 0.29) is 17.2 Å². The third kappa shape index (κ3) is 3.27. The lowest BCUT2D eigenvalue weighted by Crippen LogP contribution is -2.22. The molecule has 1 heterocycles. The van der Waals surface area contributed by atoms with Crippen molar-refractivity contribution in [1.82, 2.24) is 9.47 Å². The first kappa shape index (κ1) is 16.4. The fourth-order valence-electron chi connectivity index (χ4n) is 2.47. The maximum Gasteiger partial charge on any atom is 0.264 e. The smallest absolute Gasteiger partial charge is 0.264 e. The molecule has 1 aromatic heterocycles. The van der Waals surface area contributed by atoms with Crippen molar-refractivity contribution < 1.29 is 9.90 Å². The lowest BCUT2D eigenvalue weighted by molar-refractivity contribution is -0.124. The minimum atomic E-state index is -0.318. The quantitative estimate of drug-likeness (QED) is 0.700. The molecule has 2 rings (SSSR count). The molecule has 0 aliphatic carbocycles. The van der Waals surface area contributed by atoms with Crippen LogP contribution >= 0.6 is 0 Å². The minimum Gasteiger partial charge on any atom is -0.508 e.